The molecule has 0 atom stereocenters. The van der Waals surface area contributed by atoms with Gasteiger partial charge in [-0.2, -0.15) is 4.98 Å². The van der Waals surface area contributed by atoms with Gasteiger partial charge in [0, 0.05) is 0 Å². The number of para-hydroxylation sites is 2. The van der Waals surface area contributed by atoms with Gasteiger partial charge >= 0.3 is 0 Å². The highest BCUT2D eigenvalue weighted by molar-refractivity contribution is 5.81. The Hall–Kier alpha value is -2.48. The van der Waals surface area contributed by atoms with Crippen molar-refractivity contribution in [2.75, 3.05) is 18.4 Å². The van der Waals surface area contributed by atoms with E-state index in [0.717, 1.165) is 5.52 Å². The molecule has 0 aliphatic carbocycles. The van der Waals surface area contributed by atoms with Crippen molar-refractivity contribution in [3.63, 3.8) is 0 Å². The van der Waals surface area contributed by atoms with Crippen molar-refractivity contribution in [1.82, 2.24) is 10.3 Å². The molecule has 17 heavy (non-hydrogen) atoms. The van der Waals surface area contributed by atoms with Gasteiger partial charge in [0.25, 0.3) is 6.01 Å². The van der Waals surface area contributed by atoms with Crippen LogP contribution in [0.25, 0.3) is 11.1 Å². The normalized spacial score (nSPS) is 9.82. The number of nitrogens with one attached hydrogen (secondary N) is 2. The molecule has 0 saturated carbocycles. The number of anilines is 1. The molecule has 0 unspecified atom stereocenters. The Kier molecular flexibility index (Phi) is 3.26. The van der Waals surface area contributed by atoms with Crippen LogP contribution in [0.15, 0.2) is 28.7 Å². The average molecular weight is 229 g/mol. The highest BCUT2D eigenvalue weighted by atomic mass is 16.4. The number of amides is 1. The molecule has 5 heteroatoms. The minimum atomic E-state index is -0.204. The Labute approximate surface area is 98.2 Å². The lowest BCUT2D eigenvalue weighted by Gasteiger charge is -2.00. The fourth-order valence-corrected chi connectivity index (χ4v) is 1.32. The highest BCUT2D eigenvalue weighted by Gasteiger charge is 2.05. The molecule has 1 aromatic heterocycles. The molecule has 2 rings (SSSR count). The minimum Gasteiger partial charge on any atom is -0.424 e. The molecule has 1 amide bonds. The summed E-state index contributed by atoms with van der Waals surface area (Å²) in [6.45, 7) is 0.294. The molecule has 5 nitrogen and oxygen atoms in total. The number of benzene rings is 1. The summed E-state index contributed by atoms with van der Waals surface area (Å²) in [5.74, 6) is 2.12. The van der Waals surface area contributed by atoms with Crippen LogP contribution in [0.2, 0.25) is 0 Å². The molecule has 0 fully saturated rings. The van der Waals surface area contributed by atoms with Crippen molar-refractivity contribution in [1.29, 1.82) is 0 Å². The maximum atomic E-state index is 11.3. The van der Waals surface area contributed by atoms with Gasteiger partial charge in [0.05, 0.1) is 13.1 Å². The smallest absolute Gasteiger partial charge is 0.296 e. The van der Waals surface area contributed by atoms with E-state index in [9.17, 15) is 4.79 Å². The molecular formula is C12H11N3O2. The average Bonchev–Trinajstić information content (AvgIpc) is 2.76. The Morgan fingerprint density at radius 2 is 2.29 bits per heavy atom. The lowest BCUT2D eigenvalue weighted by Crippen LogP contribution is -2.30. The van der Waals surface area contributed by atoms with Gasteiger partial charge in [-0.15, -0.1) is 6.42 Å². The number of carbonyl (C=O) groups excluding carboxylic acids is 1. The van der Waals surface area contributed by atoms with Gasteiger partial charge in [0.15, 0.2) is 5.58 Å². The fraction of sp³-hybridized carbons (Fsp3) is 0.167. The molecule has 0 spiro atoms. The van der Waals surface area contributed by atoms with Crippen LogP contribution in [-0.2, 0) is 4.79 Å². The number of hydrogen-bond acceptors (Lipinski definition) is 4. The summed E-state index contributed by atoms with van der Waals surface area (Å²) in [6.07, 6.45) is 5.02. The summed E-state index contributed by atoms with van der Waals surface area (Å²) in [7, 11) is 0. The zero-order valence-corrected chi connectivity index (χ0v) is 9.06. The lowest BCUT2D eigenvalue weighted by molar-refractivity contribution is -0.119. The number of hydrogen-bond donors (Lipinski definition) is 2. The molecule has 0 saturated heterocycles. The van der Waals surface area contributed by atoms with Crippen LogP contribution in [0, 0.1) is 12.3 Å². The molecule has 0 radical (unpaired) electrons. The molecular weight excluding hydrogens is 218 g/mol. The zero-order chi connectivity index (χ0) is 12.1. The van der Waals surface area contributed by atoms with Gasteiger partial charge in [-0.25, -0.2) is 0 Å². The summed E-state index contributed by atoms with van der Waals surface area (Å²) < 4.78 is 5.38. The van der Waals surface area contributed by atoms with Gasteiger partial charge in [-0.05, 0) is 12.1 Å². The van der Waals surface area contributed by atoms with E-state index >= 15 is 0 Å². The number of rotatable bonds is 4. The predicted octanol–water partition coefficient (Wildman–Crippen LogP) is 0.989. The van der Waals surface area contributed by atoms with Crippen LogP contribution in [0.4, 0.5) is 6.01 Å². The number of fused-ring (bicyclic) bond motifs is 1. The molecule has 86 valence electrons. The third-order valence-electron chi connectivity index (χ3n) is 2.08. The number of carbonyl (C=O) groups is 1. The second-order valence-electron chi connectivity index (χ2n) is 3.32. The van der Waals surface area contributed by atoms with Crippen molar-refractivity contribution in [2.45, 2.75) is 0 Å². The Morgan fingerprint density at radius 1 is 1.47 bits per heavy atom. The third kappa shape index (κ3) is 2.75. The lowest BCUT2D eigenvalue weighted by atomic mass is 10.3. The minimum absolute atomic E-state index is 0.0779. The van der Waals surface area contributed by atoms with Crippen LogP contribution >= 0.6 is 0 Å². The quantitative estimate of drug-likeness (QED) is 0.767. The van der Waals surface area contributed by atoms with Crippen molar-refractivity contribution in [2.24, 2.45) is 0 Å². The van der Waals surface area contributed by atoms with Gasteiger partial charge in [-0.3, -0.25) is 4.79 Å². The maximum absolute atomic E-state index is 11.3. The topological polar surface area (TPSA) is 67.2 Å². The van der Waals surface area contributed by atoms with Crippen LogP contribution in [0.1, 0.15) is 0 Å². The van der Waals surface area contributed by atoms with E-state index in [-0.39, 0.29) is 19.0 Å². The predicted molar refractivity (Wildman–Crippen MR) is 64.3 cm³/mol. The standard InChI is InChI=1S/C12H11N3O2/c1-2-7-13-11(16)8-14-12-15-9-5-3-4-6-10(9)17-12/h1,3-6H,7-8H2,(H,13,16)(H,14,15). The summed E-state index contributed by atoms with van der Waals surface area (Å²) in [5.41, 5.74) is 1.43. The summed E-state index contributed by atoms with van der Waals surface area (Å²) in [6, 6.07) is 7.70. The van der Waals surface area contributed by atoms with E-state index in [0.29, 0.717) is 11.6 Å². The van der Waals surface area contributed by atoms with Crippen molar-refractivity contribution in [3.05, 3.63) is 24.3 Å². The Morgan fingerprint density at radius 3 is 3.06 bits per heavy atom. The molecule has 2 N–H and O–H groups in total. The largest absolute Gasteiger partial charge is 0.424 e. The van der Waals surface area contributed by atoms with Crippen LogP contribution < -0.4 is 10.6 Å². The van der Waals surface area contributed by atoms with E-state index in [2.05, 4.69) is 21.5 Å². The molecule has 0 bridgehead atoms. The van der Waals surface area contributed by atoms with Crippen LogP contribution in [0.5, 0.6) is 0 Å². The number of oxazole rings is 1. The molecule has 1 heterocycles. The number of terminal acetylenes is 1. The van der Waals surface area contributed by atoms with Gasteiger partial charge in [0.2, 0.25) is 5.91 Å². The van der Waals surface area contributed by atoms with Gasteiger partial charge in [-0.1, -0.05) is 18.1 Å². The zero-order valence-electron chi connectivity index (χ0n) is 9.06. The number of nitrogens with zero attached hydrogens (tertiary/aromatic N) is 1. The Bertz CT molecular complexity index is 535. The first-order chi connectivity index (χ1) is 8.29. The van der Waals surface area contributed by atoms with E-state index in [1.54, 1.807) is 0 Å². The van der Waals surface area contributed by atoms with E-state index in [1.807, 2.05) is 24.3 Å². The van der Waals surface area contributed by atoms with Crippen LogP contribution in [0.3, 0.4) is 0 Å². The molecule has 2 aromatic rings. The van der Waals surface area contributed by atoms with Gasteiger partial charge < -0.3 is 15.1 Å². The molecule has 0 aliphatic heterocycles. The maximum Gasteiger partial charge on any atom is 0.296 e. The molecule has 1 aromatic carbocycles. The highest BCUT2D eigenvalue weighted by Crippen LogP contribution is 2.17. The second kappa shape index (κ2) is 5.03. The first-order valence-electron chi connectivity index (χ1n) is 5.09. The van der Waals surface area contributed by atoms with Crippen molar-refractivity contribution < 1.29 is 9.21 Å². The summed E-state index contributed by atoms with van der Waals surface area (Å²) in [4.78, 5) is 15.4. The monoisotopic (exact) mass is 229 g/mol. The van der Waals surface area contributed by atoms with Crippen LogP contribution in [-0.4, -0.2) is 24.0 Å². The fourth-order valence-electron chi connectivity index (χ4n) is 1.32. The third-order valence-corrected chi connectivity index (χ3v) is 2.08. The van der Waals surface area contributed by atoms with Gasteiger partial charge in [0.1, 0.15) is 5.52 Å². The van der Waals surface area contributed by atoms with Crippen molar-refractivity contribution in [3.8, 4) is 12.3 Å². The SMILES string of the molecule is C#CCNC(=O)CNc1nc2ccccc2o1. The first kappa shape index (κ1) is 11.0. The summed E-state index contributed by atoms with van der Waals surface area (Å²) in [5, 5.41) is 5.31. The first-order valence-corrected chi connectivity index (χ1v) is 5.09. The van der Waals surface area contributed by atoms with E-state index < -0.39 is 0 Å². The summed E-state index contributed by atoms with van der Waals surface area (Å²) >= 11 is 0. The Balaban J connectivity index is 1.95. The van der Waals surface area contributed by atoms with E-state index in [1.165, 1.54) is 0 Å². The number of aromatic nitrogens is 1. The van der Waals surface area contributed by atoms with Crippen molar-refractivity contribution >= 4 is 23.0 Å². The molecule has 0 aliphatic rings. The second-order valence-corrected chi connectivity index (χ2v) is 3.32. The van der Waals surface area contributed by atoms with E-state index in [4.69, 9.17) is 10.8 Å².